The average Bonchev–Trinajstić information content (AvgIpc) is 2.69. The van der Waals surface area contributed by atoms with Gasteiger partial charge in [-0.05, 0) is 25.1 Å². The molecule has 1 aliphatic rings. The number of carbonyl (C=O) groups excluding carboxylic acids is 2. The van der Waals surface area contributed by atoms with Crippen molar-refractivity contribution >= 4 is 17.5 Å². The number of hydrogen-bond donors (Lipinski definition) is 2. The van der Waals surface area contributed by atoms with Crippen LogP contribution in [0.15, 0.2) is 36.4 Å². The Hall–Kier alpha value is -2.82. The Balaban J connectivity index is 1.99. The minimum Gasteiger partial charge on any atom is -0.508 e. The number of benzene rings is 2. The number of amides is 2. The Morgan fingerprint density at radius 1 is 1.14 bits per heavy atom. The van der Waals surface area contributed by atoms with Crippen molar-refractivity contribution in [2.75, 3.05) is 5.73 Å². The fraction of sp³-hybridized carbons (Fsp3) is 0.125. The third-order valence-electron chi connectivity index (χ3n) is 3.59. The summed E-state index contributed by atoms with van der Waals surface area (Å²) >= 11 is 0. The van der Waals surface area contributed by atoms with Crippen molar-refractivity contribution in [1.29, 1.82) is 0 Å². The molecule has 5 nitrogen and oxygen atoms in total. The van der Waals surface area contributed by atoms with Gasteiger partial charge in [-0.25, -0.2) is 0 Å². The smallest absolute Gasteiger partial charge is 0.263 e. The van der Waals surface area contributed by atoms with Gasteiger partial charge in [-0.2, -0.15) is 0 Å². The van der Waals surface area contributed by atoms with E-state index in [0.29, 0.717) is 16.8 Å². The number of aryl methyl sites for hydroxylation is 1. The summed E-state index contributed by atoms with van der Waals surface area (Å²) in [4.78, 5) is 25.8. The summed E-state index contributed by atoms with van der Waals surface area (Å²) in [6, 6.07) is 9.89. The number of nitrogen functional groups attached to an aromatic ring is 1. The Labute approximate surface area is 121 Å². The summed E-state index contributed by atoms with van der Waals surface area (Å²) in [5.74, 6) is -0.748. The molecule has 3 N–H and O–H groups in total. The zero-order valence-electron chi connectivity index (χ0n) is 11.5. The highest BCUT2D eigenvalue weighted by atomic mass is 16.3. The van der Waals surface area contributed by atoms with Crippen LogP contribution in [0.1, 0.15) is 31.8 Å². The van der Waals surface area contributed by atoms with Crippen LogP contribution in [0, 0.1) is 6.92 Å². The number of phenols is 1. The summed E-state index contributed by atoms with van der Waals surface area (Å²) in [7, 11) is 0. The number of aromatic hydroxyl groups is 1. The number of hydrogen-bond acceptors (Lipinski definition) is 4. The first kappa shape index (κ1) is 13.2. The quantitative estimate of drug-likeness (QED) is 0.652. The summed E-state index contributed by atoms with van der Waals surface area (Å²) < 4.78 is 0. The first-order chi connectivity index (χ1) is 9.99. The molecule has 2 aromatic carbocycles. The number of anilines is 1. The van der Waals surface area contributed by atoms with Crippen molar-refractivity contribution in [3.63, 3.8) is 0 Å². The minimum atomic E-state index is -0.422. The van der Waals surface area contributed by atoms with Gasteiger partial charge >= 0.3 is 0 Å². The normalized spacial score (nSPS) is 13.7. The number of fused-ring (bicyclic) bond motifs is 1. The van der Waals surface area contributed by atoms with Gasteiger partial charge in [-0.15, -0.1) is 0 Å². The van der Waals surface area contributed by atoms with Gasteiger partial charge in [0.15, 0.2) is 0 Å². The van der Waals surface area contributed by atoms with E-state index in [-0.39, 0.29) is 23.8 Å². The van der Waals surface area contributed by atoms with Crippen LogP contribution in [0.5, 0.6) is 5.75 Å². The standard InChI is InChI=1S/C16H14N2O3/c1-9-5-6-13(19)10(7-9)8-18-15(20)11-3-2-4-12(17)14(11)16(18)21/h2-7,19H,8,17H2,1H3. The number of nitrogens with two attached hydrogens (primary N) is 1. The molecule has 1 aliphatic heterocycles. The predicted octanol–water partition coefficient (Wildman–Crippen LogP) is 2.08. The molecule has 3 rings (SSSR count). The van der Waals surface area contributed by atoms with Crippen molar-refractivity contribution in [2.45, 2.75) is 13.5 Å². The molecule has 0 fully saturated rings. The maximum atomic E-state index is 12.4. The fourth-order valence-corrected chi connectivity index (χ4v) is 2.51. The predicted molar refractivity (Wildman–Crippen MR) is 77.9 cm³/mol. The molecule has 0 bridgehead atoms. The lowest BCUT2D eigenvalue weighted by Crippen LogP contribution is -2.29. The lowest BCUT2D eigenvalue weighted by atomic mass is 10.1. The number of nitrogens with zero attached hydrogens (tertiary/aromatic N) is 1. The van der Waals surface area contributed by atoms with Gasteiger partial charge in [0.25, 0.3) is 11.8 Å². The van der Waals surface area contributed by atoms with Crippen molar-refractivity contribution in [2.24, 2.45) is 0 Å². The minimum absolute atomic E-state index is 0.0271. The van der Waals surface area contributed by atoms with Crippen molar-refractivity contribution < 1.29 is 14.7 Å². The van der Waals surface area contributed by atoms with E-state index in [0.717, 1.165) is 10.5 Å². The fourth-order valence-electron chi connectivity index (χ4n) is 2.51. The van der Waals surface area contributed by atoms with Gasteiger partial charge in [-0.3, -0.25) is 14.5 Å². The number of phenolic OH excluding ortho intramolecular Hbond substituents is 1. The van der Waals surface area contributed by atoms with Crippen molar-refractivity contribution in [3.8, 4) is 5.75 Å². The number of carbonyl (C=O) groups is 2. The second-order valence-electron chi connectivity index (χ2n) is 5.10. The zero-order valence-corrected chi connectivity index (χ0v) is 11.5. The van der Waals surface area contributed by atoms with E-state index in [9.17, 15) is 14.7 Å². The molecule has 106 valence electrons. The molecule has 2 amide bonds. The lowest BCUT2D eigenvalue weighted by Gasteiger charge is -2.15. The van der Waals surface area contributed by atoms with Crippen LogP contribution in [0.2, 0.25) is 0 Å². The van der Waals surface area contributed by atoms with Crippen LogP contribution < -0.4 is 5.73 Å². The van der Waals surface area contributed by atoms with Gasteiger partial charge < -0.3 is 10.8 Å². The molecule has 0 unspecified atom stereocenters. The van der Waals surface area contributed by atoms with E-state index in [1.807, 2.05) is 6.92 Å². The van der Waals surface area contributed by atoms with Gasteiger partial charge in [0.05, 0.1) is 17.7 Å². The highest BCUT2D eigenvalue weighted by Gasteiger charge is 2.37. The first-order valence-electron chi connectivity index (χ1n) is 6.52. The van der Waals surface area contributed by atoms with Gasteiger partial charge in [0, 0.05) is 11.3 Å². The Morgan fingerprint density at radius 3 is 2.62 bits per heavy atom. The molecule has 0 radical (unpaired) electrons. The van der Waals surface area contributed by atoms with E-state index >= 15 is 0 Å². The first-order valence-corrected chi connectivity index (χ1v) is 6.52. The third kappa shape index (κ3) is 2.03. The maximum Gasteiger partial charge on any atom is 0.263 e. The molecule has 5 heteroatoms. The highest BCUT2D eigenvalue weighted by molar-refractivity contribution is 6.23. The van der Waals surface area contributed by atoms with E-state index in [2.05, 4.69) is 0 Å². The average molecular weight is 282 g/mol. The second-order valence-corrected chi connectivity index (χ2v) is 5.10. The molecule has 0 saturated carbocycles. The largest absolute Gasteiger partial charge is 0.508 e. The van der Waals surface area contributed by atoms with Crippen LogP contribution in [0.3, 0.4) is 0 Å². The van der Waals surface area contributed by atoms with E-state index < -0.39 is 5.91 Å². The second kappa shape index (κ2) is 4.63. The molecular weight excluding hydrogens is 268 g/mol. The van der Waals surface area contributed by atoms with Crippen LogP contribution in [-0.4, -0.2) is 21.8 Å². The molecule has 0 saturated heterocycles. The molecule has 0 aromatic heterocycles. The Morgan fingerprint density at radius 2 is 1.90 bits per heavy atom. The highest BCUT2D eigenvalue weighted by Crippen LogP contribution is 2.30. The molecule has 2 aromatic rings. The van der Waals surface area contributed by atoms with Crippen LogP contribution >= 0.6 is 0 Å². The topological polar surface area (TPSA) is 83.6 Å². The van der Waals surface area contributed by atoms with Crippen LogP contribution in [0.25, 0.3) is 0 Å². The van der Waals surface area contributed by atoms with Gasteiger partial charge in [0.1, 0.15) is 5.75 Å². The lowest BCUT2D eigenvalue weighted by molar-refractivity contribution is 0.0642. The summed E-state index contributed by atoms with van der Waals surface area (Å²) in [6.45, 7) is 1.91. The molecule has 0 spiro atoms. The molecule has 1 heterocycles. The molecule has 0 aliphatic carbocycles. The zero-order chi connectivity index (χ0) is 15.1. The van der Waals surface area contributed by atoms with E-state index in [4.69, 9.17) is 5.73 Å². The molecular formula is C16H14N2O3. The summed E-state index contributed by atoms with van der Waals surface area (Å²) in [5.41, 5.74) is 8.11. The van der Waals surface area contributed by atoms with Crippen LogP contribution in [-0.2, 0) is 6.54 Å². The van der Waals surface area contributed by atoms with Gasteiger partial charge in [-0.1, -0.05) is 23.8 Å². The SMILES string of the molecule is Cc1ccc(O)c(CN2C(=O)c3cccc(N)c3C2=O)c1. The summed E-state index contributed by atoms with van der Waals surface area (Å²) in [6.07, 6.45) is 0. The molecule has 21 heavy (non-hydrogen) atoms. The van der Waals surface area contributed by atoms with E-state index in [1.165, 1.54) is 0 Å². The monoisotopic (exact) mass is 282 g/mol. The summed E-state index contributed by atoms with van der Waals surface area (Å²) in [5, 5.41) is 9.87. The van der Waals surface area contributed by atoms with Gasteiger partial charge in [0.2, 0.25) is 0 Å². The Kier molecular flexibility index (Phi) is 2.90. The third-order valence-corrected chi connectivity index (χ3v) is 3.59. The maximum absolute atomic E-state index is 12.4. The van der Waals surface area contributed by atoms with Crippen molar-refractivity contribution in [3.05, 3.63) is 58.7 Å². The molecule has 0 atom stereocenters. The Bertz CT molecular complexity index is 768. The number of rotatable bonds is 2. The number of imide groups is 1. The van der Waals surface area contributed by atoms with Crippen LogP contribution in [0.4, 0.5) is 5.69 Å². The van der Waals surface area contributed by atoms with Crippen molar-refractivity contribution in [1.82, 2.24) is 4.90 Å². The van der Waals surface area contributed by atoms with E-state index in [1.54, 1.807) is 36.4 Å².